The van der Waals surface area contributed by atoms with Crippen molar-refractivity contribution in [1.82, 2.24) is 25.4 Å². The van der Waals surface area contributed by atoms with E-state index in [1.165, 1.54) is 11.1 Å². The highest BCUT2D eigenvalue weighted by Crippen LogP contribution is 2.16. The third-order valence-electron chi connectivity index (χ3n) is 3.65. The number of nitrogens with one attached hydrogen (secondary N) is 2. The lowest BCUT2D eigenvalue weighted by atomic mass is 10.1. The second-order valence-corrected chi connectivity index (χ2v) is 6.26. The van der Waals surface area contributed by atoms with Gasteiger partial charge >= 0.3 is 0 Å². The Kier molecular flexibility index (Phi) is 6.15. The predicted molar refractivity (Wildman–Crippen MR) is 96.3 cm³/mol. The van der Waals surface area contributed by atoms with E-state index in [2.05, 4.69) is 67.7 Å². The Balaban J connectivity index is 2.03. The third-order valence-corrected chi connectivity index (χ3v) is 4.15. The van der Waals surface area contributed by atoms with Crippen LogP contribution >= 0.6 is 15.9 Å². The monoisotopic (exact) mass is 378 g/mol. The van der Waals surface area contributed by atoms with Crippen molar-refractivity contribution in [2.24, 2.45) is 12.0 Å². The van der Waals surface area contributed by atoms with Crippen molar-refractivity contribution in [3.05, 3.63) is 45.4 Å². The molecule has 0 aliphatic rings. The standard InChI is InChI=1S/C16H23BrN6/c1-5-18-16(20-10-15-22-21-12(3)23(15)4)19-9-13-6-7-14(17)8-11(13)2/h6-8H,5,9-10H2,1-4H3,(H2,18,19,20). The fraction of sp³-hybridized carbons (Fsp3) is 0.438. The van der Waals surface area contributed by atoms with E-state index in [1.807, 2.05) is 24.6 Å². The van der Waals surface area contributed by atoms with Gasteiger partial charge in [-0.1, -0.05) is 22.0 Å². The van der Waals surface area contributed by atoms with Gasteiger partial charge in [-0.15, -0.1) is 10.2 Å². The highest BCUT2D eigenvalue weighted by atomic mass is 79.9. The number of benzene rings is 1. The van der Waals surface area contributed by atoms with Crippen LogP contribution in [0, 0.1) is 13.8 Å². The Hall–Kier alpha value is -1.89. The molecule has 23 heavy (non-hydrogen) atoms. The van der Waals surface area contributed by atoms with Crippen LogP contribution < -0.4 is 10.6 Å². The summed E-state index contributed by atoms with van der Waals surface area (Å²) in [5.41, 5.74) is 2.43. The zero-order valence-corrected chi connectivity index (χ0v) is 15.6. The first-order valence-electron chi connectivity index (χ1n) is 7.63. The maximum absolute atomic E-state index is 4.65. The molecule has 1 heterocycles. The Labute approximate surface area is 145 Å². The number of guanidine groups is 1. The van der Waals surface area contributed by atoms with Gasteiger partial charge < -0.3 is 15.2 Å². The molecule has 0 saturated heterocycles. The fourth-order valence-electron chi connectivity index (χ4n) is 2.11. The molecule has 0 bridgehead atoms. The minimum absolute atomic E-state index is 0.586. The molecule has 6 nitrogen and oxygen atoms in total. The summed E-state index contributed by atoms with van der Waals surface area (Å²) in [5, 5.41) is 14.8. The number of rotatable bonds is 5. The second kappa shape index (κ2) is 8.10. The predicted octanol–water partition coefficient (Wildman–Crippen LogP) is 2.45. The van der Waals surface area contributed by atoms with Gasteiger partial charge in [0.15, 0.2) is 11.8 Å². The van der Waals surface area contributed by atoms with E-state index in [4.69, 9.17) is 0 Å². The van der Waals surface area contributed by atoms with E-state index in [0.29, 0.717) is 13.1 Å². The molecule has 0 spiro atoms. The Morgan fingerprint density at radius 1 is 1.26 bits per heavy atom. The summed E-state index contributed by atoms with van der Waals surface area (Å²) < 4.78 is 3.06. The van der Waals surface area contributed by atoms with Crippen molar-refractivity contribution < 1.29 is 0 Å². The van der Waals surface area contributed by atoms with Crippen molar-refractivity contribution in [3.63, 3.8) is 0 Å². The molecule has 1 aromatic heterocycles. The summed E-state index contributed by atoms with van der Waals surface area (Å²) in [4.78, 5) is 4.65. The summed E-state index contributed by atoms with van der Waals surface area (Å²) in [7, 11) is 1.96. The van der Waals surface area contributed by atoms with Crippen molar-refractivity contribution in [2.75, 3.05) is 6.54 Å². The molecule has 0 fully saturated rings. The molecule has 124 valence electrons. The summed E-state index contributed by atoms with van der Waals surface area (Å²) in [6.45, 7) is 8.11. The number of aryl methyl sites for hydroxylation is 2. The van der Waals surface area contributed by atoms with E-state index in [0.717, 1.165) is 28.6 Å². The van der Waals surface area contributed by atoms with Crippen LogP contribution in [0.3, 0.4) is 0 Å². The number of aliphatic imine (C=N–C) groups is 1. The minimum atomic E-state index is 0.586. The molecule has 7 heteroatoms. The first kappa shape index (κ1) is 17.5. The van der Waals surface area contributed by atoms with Gasteiger partial charge in [-0.3, -0.25) is 0 Å². The van der Waals surface area contributed by atoms with E-state index in [-0.39, 0.29) is 0 Å². The van der Waals surface area contributed by atoms with Crippen LogP contribution in [0.2, 0.25) is 0 Å². The average Bonchev–Trinajstić information content (AvgIpc) is 2.83. The molecule has 0 unspecified atom stereocenters. The minimum Gasteiger partial charge on any atom is -0.357 e. The number of nitrogens with zero attached hydrogens (tertiary/aromatic N) is 4. The molecule has 0 aliphatic heterocycles. The molecule has 0 atom stereocenters. The van der Waals surface area contributed by atoms with Gasteiger partial charge in [0, 0.05) is 18.1 Å². The normalized spacial score (nSPS) is 11.6. The molecular formula is C16H23BrN6. The Morgan fingerprint density at radius 2 is 2.04 bits per heavy atom. The highest BCUT2D eigenvalue weighted by molar-refractivity contribution is 9.10. The lowest BCUT2D eigenvalue weighted by Crippen LogP contribution is -2.37. The first-order chi connectivity index (χ1) is 11.0. The smallest absolute Gasteiger partial charge is 0.191 e. The Bertz CT molecular complexity index is 692. The molecule has 0 saturated carbocycles. The second-order valence-electron chi connectivity index (χ2n) is 5.34. The van der Waals surface area contributed by atoms with Crippen molar-refractivity contribution >= 4 is 21.9 Å². The van der Waals surface area contributed by atoms with Crippen LogP contribution in [0.25, 0.3) is 0 Å². The molecule has 0 amide bonds. The molecule has 1 aromatic carbocycles. The van der Waals surface area contributed by atoms with Crippen LogP contribution in [-0.2, 0) is 20.1 Å². The molecule has 2 N–H and O–H groups in total. The van der Waals surface area contributed by atoms with Gasteiger partial charge in [-0.25, -0.2) is 4.99 Å². The molecule has 2 rings (SSSR count). The van der Waals surface area contributed by atoms with Crippen LogP contribution in [0.15, 0.2) is 27.7 Å². The van der Waals surface area contributed by atoms with Gasteiger partial charge in [-0.05, 0) is 44.0 Å². The molecular weight excluding hydrogens is 356 g/mol. The topological polar surface area (TPSA) is 67.1 Å². The van der Waals surface area contributed by atoms with Gasteiger partial charge in [0.05, 0.1) is 13.1 Å². The quantitative estimate of drug-likeness (QED) is 0.619. The number of halogens is 1. The zero-order valence-electron chi connectivity index (χ0n) is 14.0. The van der Waals surface area contributed by atoms with Crippen molar-refractivity contribution in [2.45, 2.75) is 33.9 Å². The van der Waals surface area contributed by atoms with E-state index < -0.39 is 0 Å². The van der Waals surface area contributed by atoms with Crippen molar-refractivity contribution in [1.29, 1.82) is 0 Å². The van der Waals surface area contributed by atoms with Crippen LogP contribution in [0.1, 0.15) is 29.7 Å². The molecule has 0 aliphatic carbocycles. The average molecular weight is 379 g/mol. The SMILES string of the molecule is CCNC(=NCc1ccc(Br)cc1C)NCc1nnc(C)n1C. The lowest BCUT2D eigenvalue weighted by Gasteiger charge is -2.11. The maximum Gasteiger partial charge on any atom is 0.191 e. The zero-order chi connectivity index (χ0) is 16.8. The largest absolute Gasteiger partial charge is 0.357 e. The van der Waals surface area contributed by atoms with Crippen molar-refractivity contribution in [3.8, 4) is 0 Å². The lowest BCUT2D eigenvalue weighted by molar-refractivity contribution is 0.718. The third kappa shape index (κ3) is 4.79. The van der Waals surface area contributed by atoms with Gasteiger partial charge in [-0.2, -0.15) is 0 Å². The van der Waals surface area contributed by atoms with Crippen LogP contribution in [-0.4, -0.2) is 27.3 Å². The van der Waals surface area contributed by atoms with E-state index in [9.17, 15) is 0 Å². The first-order valence-corrected chi connectivity index (χ1v) is 8.42. The molecule has 2 aromatic rings. The van der Waals surface area contributed by atoms with Crippen LogP contribution in [0.4, 0.5) is 0 Å². The summed E-state index contributed by atoms with van der Waals surface area (Å²) in [5.74, 6) is 2.55. The molecule has 0 radical (unpaired) electrons. The summed E-state index contributed by atoms with van der Waals surface area (Å²) in [6, 6.07) is 6.24. The summed E-state index contributed by atoms with van der Waals surface area (Å²) in [6.07, 6.45) is 0. The van der Waals surface area contributed by atoms with Gasteiger partial charge in [0.1, 0.15) is 5.82 Å². The van der Waals surface area contributed by atoms with Gasteiger partial charge in [0.2, 0.25) is 0 Å². The fourth-order valence-corrected chi connectivity index (χ4v) is 2.59. The van der Waals surface area contributed by atoms with Crippen LogP contribution in [0.5, 0.6) is 0 Å². The van der Waals surface area contributed by atoms with Gasteiger partial charge in [0.25, 0.3) is 0 Å². The van der Waals surface area contributed by atoms with E-state index >= 15 is 0 Å². The Morgan fingerprint density at radius 3 is 2.65 bits per heavy atom. The number of hydrogen-bond donors (Lipinski definition) is 2. The summed E-state index contributed by atoms with van der Waals surface area (Å²) >= 11 is 3.48. The highest BCUT2D eigenvalue weighted by Gasteiger charge is 2.06. The number of aromatic nitrogens is 3. The maximum atomic E-state index is 4.65. The number of hydrogen-bond acceptors (Lipinski definition) is 3. The van der Waals surface area contributed by atoms with E-state index in [1.54, 1.807) is 0 Å².